The van der Waals surface area contributed by atoms with E-state index < -0.39 is 6.88 Å². The highest BCUT2D eigenvalue weighted by molar-refractivity contribution is 4.94. The molecule has 0 spiro atoms. The van der Waals surface area contributed by atoms with Gasteiger partial charge in [0, 0.05) is 10.5 Å². The number of rotatable bonds is 3. The molecule has 0 aliphatic rings. The summed E-state index contributed by atoms with van der Waals surface area (Å²) in [7, 11) is 0. The Labute approximate surface area is 56.5 Å². The van der Waals surface area contributed by atoms with Crippen LogP contribution in [0.25, 0.3) is 0 Å². The van der Waals surface area contributed by atoms with E-state index in [1.165, 1.54) is 0 Å². The fourth-order valence-corrected chi connectivity index (χ4v) is 0.462. The van der Waals surface area contributed by atoms with Gasteiger partial charge in [0.05, 0.1) is 0 Å². The van der Waals surface area contributed by atoms with E-state index in [1.54, 1.807) is 0 Å². The molecule has 0 nitrogen and oxygen atoms in total. The molecule has 0 aromatic heterocycles. The topological polar surface area (TPSA) is 0 Å². The zero-order valence-corrected chi connectivity index (χ0v) is 5.11. The molecule has 0 bridgehead atoms. The molecule has 1 unspecified atom stereocenters. The van der Waals surface area contributed by atoms with Gasteiger partial charge in [-0.1, -0.05) is 19.7 Å². The zero-order chi connectivity index (χ0) is 8.53. The van der Waals surface area contributed by atoms with Crippen LogP contribution in [0.15, 0.2) is 0 Å². The Hall–Kier alpha value is -0.440. The van der Waals surface area contributed by atoms with Crippen molar-refractivity contribution in [2.24, 2.45) is 0 Å². The van der Waals surface area contributed by atoms with Crippen LogP contribution in [-0.4, -0.2) is 0 Å². The van der Waals surface area contributed by atoms with Crippen molar-refractivity contribution in [2.45, 2.75) is 39.5 Å². The SMILES string of the molecule is [2H]CCCCCC#CC([2H])[3H]. The average molecular weight is 114 g/mol. The van der Waals surface area contributed by atoms with E-state index in [0.717, 1.165) is 25.7 Å². The molecule has 1 atom stereocenters. The van der Waals surface area contributed by atoms with Gasteiger partial charge in [-0.25, -0.2) is 0 Å². The standard InChI is InChI=1S/C8H14/c1-3-5-7-8-6-4-2/h3,5,7-8H2,1-2H3/i1D,2TD. The summed E-state index contributed by atoms with van der Waals surface area (Å²) < 4.78 is 20.4. The van der Waals surface area contributed by atoms with Crippen molar-refractivity contribution in [1.82, 2.24) is 0 Å². The van der Waals surface area contributed by atoms with Gasteiger partial charge in [-0.3, -0.25) is 0 Å². The van der Waals surface area contributed by atoms with Crippen LogP contribution in [0.2, 0.25) is 0 Å². The maximum Gasteiger partial charge on any atom is 0.0366 e. The molecule has 0 fully saturated rings. The Bertz CT molecular complexity index is 132. The van der Waals surface area contributed by atoms with Crippen molar-refractivity contribution >= 4 is 0 Å². The second-order valence-corrected chi connectivity index (χ2v) is 1.63. The number of hydrogen-bond donors (Lipinski definition) is 0. The first-order valence-corrected chi connectivity index (χ1v) is 2.89. The quantitative estimate of drug-likeness (QED) is 0.391. The third-order valence-electron chi connectivity index (χ3n) is 0.904. The molecule has 0 saturated carbocycles. The lowest BCUT2D eigenvalue weighted by Crippen LogP contribution is -1.69. The Balaban J connectivity index is 3.09. The minimum atomic E-state index is -0.994. The van der Waals surface area contributed by atoms with Gasteiger partial charge in [-0.2, -0.15) is 0 Å². The van der Waals surface area contributed by atoms with Crippen LogP contribution in [0.4, 0.5) is 0 Å². The molecule has 0 aromatic rings. The second-order valence-electron chi connectivity index (χ2n) is 1.63. The molecule has 0 rings (SSSR count). The highest BCUT2D eigenvalue weighted by atomic mass is 13.8. The van der Waals surface area contributed by atoms with E-state index in [4.69, 9.17) is 4.11 Å². The van der Waals surface area contributed by atoms with Crippen molar-refractivity contribution in [3.8, 4) is 11.8 Å². The van der Waals surface area contributed by atoms with Crippen LogP contribution in [-0.2, 0) is 0 Å². The van der Waals surface area contributed by atoms with Crippen LogP contribution < -0.4 is 0 Å². The molecule has 0 amide bonds. The average Bonchev–Trinajstić information content (AvgIpc) is 1.96. The summed E-state index contributed by atoms with van der Waals surface area (Å²) in [6.07, 6.45) is 3.75. The molecule has 0 aliphatic carbocycles. The Kier molecular flexibility index (Phi) is 2.92. The van der Waals surface area contributed by atoms with Crippen LogP contribution in [0.5, 0.6) is 0 Å². The molecule has 0 aliphatic heterocycles. The summed E-state index contributed by atoms with van der Waals surface area (Å²) in [5.74, 6) is 5.22. The lowest BCUT2D eigenvalue weighted by Gasteiger charge is -1.86. The maximum atomic E-state index is 6.86. The Morgan fingerprint density at radius 3 is 3.50 bits per heavy atom. The summed E-state index contributed by atoms with van der Waals surface area (Å²) in [6, 6.07) is 0. The van der Waals surface area contributed by atoms with E-state index in [9.17, 15) is 0 Å². The highest BCUT2D eigenvalue weighted by Crippen LogP contribution is 1.95. The fraction of sp³-hybridized carbons (Fsp3) is 0.750. The van der Waals surface area contributed by atoms with Gasteiger partial charge < -0.3 is 0 Å². The van der Waals surface area contributed by atoms with E-state index in [1.807, 2.05) is 0 Å². The largest absolute Gasteiger partial charge is 0.107 e. The highest BCUT2D eigenvalue weighted by Gasteiger charge is 1.78. The summed E-state index contributed by atoms with van der Waals surface area (Å²) in [4.78, 5) is 0. The summed E-state index contributed by atoms with van der Waals surface area (Å²) in [6.45, 7) is -0.501. The van der Waals surface area contributed by atoms with Crippen molar-refractivity contribution in [3.05, 3.63) is 0 Å². The second kappa shape index (κ2) is 6.56. The minimum absolute atomic E-state index is 0.493. The van der Waals surface area contributed by atoms with E-state index in [2.05, 4.69) is 11.8 Å². The maximum absolute atomic E-state index is 6.86. The molecule has 0 radical (unpaired) electrons. The van der Waals surface area contributed by atoms with Gasteiger partial charge in [0.25, 0.3) is 0 Å². The zero-order valence-electron chi connectivity index (χ0n) is 8.11. The molecule has 0 aromatic carbocycles. The lowest BCUT2D eigenvalue weighted by molar-refractivity contribution is 0.737. The van der Waals surface area contributed by atoms with Gasteiger partial charge in [0.1, 0.15) is 0 Å². The molecular formula is C8H14. The Morgan fingerprint density at radius 2 is 2.75 bits per heavy atom. The van der Waals surface area contributed by atoms with Crippen molar-refractivity contribution < 1.29 is 4.11 Å². The predicted molar refractivity (Wildman–Crippen MR) is 37.6 cm³/mol. The fourth-order valence-electron chi connectivity index (χ4n) is 0.462. The summed E-state index contributed by atoms with van der Waals surface area (Å²) in [5.41, 5.74) is 0. The van der Waals surface area contributed by atoms with Crippen molar-refractivity contribution in [2.75, 3.05) is 0 Å². The first kappa shape index (κ1) is 3.56. The van der Waals surface area contributed by atoms with Crippen molar-refractivity contribution in [3.63, 3.8) is 0 Å². The van der Waals surface area contributed by atoms with Gasteiger partial charge in [0.15, 0.2) is 0 Å². The molecule has 0 saturated heterocycles. The van der Waals surface area contributed by atoms with Crippen LogP contribution in [0.3, 0.4) is 0 Å². The minimum Gasteiger partial charge on any atom is -0.107 e. The first-order valence-electron chi connectivity index (χ1n) is 4.75. The van der Waals surface area contributed by atoms with E-state index in [0.29, 0.717) is 6.90 Å². The van der Waals surface area contributed by atoms with Gasteiger partial charge in [0.2, 0.25) is 0 Å². The molecule has 0 heterocycles. The molecule has 0 heteroatoms. The van der Waals surface area contributed by atoms with Gasteiger partial charge >= 0.3 is 0 Å². The molecular weight excluding hydrogens is 96.1 g/mol. The number of hydrogen-bond acceptors (Lipinski definition) is 0. The summed E-state index contributed by atoms with van der Waals surface area (Å²) >= 11 is 0. The van der Waals surface area contributed by atoms with Crippen molar-refractivity contribution in [1.29, 1.82) is 0 Å². The smallest absolute Gasteiger partial charge is 0.0366 e. The first-order chi connectivity index (χ1) is 5.27. The van der Waals surface area contributed by atoms with E-state index in [-0.39, 0.29) is 0 Å². The normalized spacial score (nSPS) is 16.8. The Morgan fingerprint density at radius 1 is 1.75 bits per heavy atom. The predicted octanol–water partition coefficient (Wildman–Crippen LogP) is 2.59. The van der Waals surface area contributed by atoms with Gasteiger partial charge in [-0.05, 0) is 13.3 Å². The molecule has 46 valence electrons. The van der Waals surface area contributed by atoms with Crippen LogP contribution >= 0.6 is 0 Å². The summed E-state index contributed by atoms with van der Waals surface area (Å²) in [5, 5.41) is 0. The van der Waals surface area contributed by atoms with Gasteiger partial charge in [-0.15, -0.1) is 11.8 Å². The third kappa shape index (κ3) is 5.56. The lowest BCUT2D eigenvalue weighted by atomic mass is 10.2. The van der Waals surface area contributed by atoms with Crippen LogP contribution in [0.1, 0.15) is 43.6 Å². The van der Waals surface area contributed by atoms with E-state index >= 15 is 0 Å². The third-order valence-corrected chi connectivity index (χ3v) is 0.904. The monoisotopic (exact) mass is 114 g/mol. The number of unbranched alkanes of at least 4 members (excludes halogenated alkanes) is 3. The van der Waals surface area contributed by atoms with Crippen LogP contribution in [0, 0.1) is 11.8 Å². The molecule has 8 heavy (non-hydrogen) atoms. The molecule has 0 N–H and O–H groups in total.